The molecule has 458 valence electrons. The van der Waals surface area contributed by atoms with E-state index in [9.17, 15) is 8.22 Å². The molecule has 17 rings (SSSR count). The third-order valence-corrected chi connectivity index (χ3v) is 20.5. The first-order valence-corrected chi connectivity index (χ1v) is 33.0. The van der Waals surface area contributed by atoms with E-state index in [2.05, 4.69) is 268 Å². The second-order valence-electron chi connectivity index (χ2n) is 30.3. The summed E-state index contributed by atoms with van der Waals surface area (Å²) in [7, 11) is 0. The highest BCUT2D eigenvalue weighted by Gasteiger charge is 2.55. The second kappa shape index (κ2) is 20.5. The van der Waals surface area contributed by atoms with E-state index in [1.165, 1.54) is 27.5 Å². The molecule has 0 aliphatic carbocycles. The average Bonchev–Trinajstić information content (AvgIpc) is 0.672. The van der Waals surface area contributed by atoms with Gasteiger partial charge in [-0.2, -0.15) is 0 Å². The molecule has 3 aliphatic heterocycles. The van der Waals surface area contributed by atoms with E-state index in [1.54, 1.807) is 4.57 Å². The first-order chi connectivity index (χ1) is 48.5. The van der Waals surface area contributed by atoms with Crippen molar-refractivity contribution in [3.05, 3.63) is 299 Å². The van der Waals surface area contributed by atoms with Crippen LogP contribution in [0.4, 0.5) is 17.1 Å². The summed E-state index contributed by atoms with van der Waals surface area (Å²) in [5.74, 6) is 1.34. The Morgan fingerprint density at radius 3 is 1.34 bits per heavy atom. The van der Waals surface area contributed by atoms with E-state index >= 15 is 0 Å². The fourth-order valence-corrected chi connectivity index (χ4v) is 15.7. The molecule has 14 aromatic rings. The lowest BCUT2D eigenvalue weighted by Crippen LogP contribution is -2.65. The molecule has 0 amide bonds. The van der Waals surface area contributed by atoms with Gasteiger partial charge in [0.25, 0.3) is 0 Å². The normalized spacial score (nSPS) is 15.3. The van der Waals surface area contributed by atoms with Gasteiger partial charge < -0.3 is 18.8 Å². The molecule has 5 heteroatoms. The molecule has 94 heavy (non-hydrogen) atoms. The minimum atomic E-state index is -1.19. The summed E-state index contributed by atoms with van der Waals surface area (Å²) < 4.78 is 86.2. The molecule has 0 saturated heterocycles. The van der Waals surface area contributed by atoms with Crippen molar-refractivity contribution in [1.82, 2.24) is 9.13 Å². The number of para-hydroxylation sites is 4. The predicted molar refractivity (Wildman–Crippen MR) is 399 cm³/mol. The van der Waals surface area contributed by atoms with E-state index in [-0.39, 0.29) is 62.2 Å². The van der Waals surface area contributed by atoms with Gasteiger partial charge in [-0.3, -0.25) is 0 Å². The number of fused-ring (bicyclic) bond motifs is 16. The highest BCUT2D eigenvalue weighted by atomic mass is 16.5. The Labute approximate surface area is 565 Å². The van der Waals surface area contributed by atoms with Crippen LogP contribution in [0.3, 0.4) is 0 Å². The van der Waals surface area contributed by atoms with E-state index in [1.807, 2.05) is 30.3 Å². The number of anilines is 3. The highest BCUT2D eigenvalue weighted by molar-refractivity contribution is 6.99. The third kappa shape index (κ3) is 8.58. The zero-order valence-corrected chi connectivity index (χ0v) is 55.5. The van der Waals surface area contributed by atoms with Gasteiger partial charge in [-0.25, -0.2) is 0 Å². The maximum absolute atomic E-state index is 9.77. The Morgan fingerprint density at radius 1 is 0.362 bits per heavy atom. The lowest BCUT2D eigenvalue weighted by molar-refractivity contribution is 0.435. The Hall–Kier alpha value is -10.1. The van der Waals surface area contributed by atoms with E-state index in [0.717, 1.165) is 100 Å². The number of ether oxygens (including phenoxy) is 1. The van der Waals surface area contributed by atoms with Crippen LogP contribution < -0.4 is 26.0 Å². The topological polar surface area (TPSA) is 22.3 Å². The van der Waals surface area contributed by atoms with E-state index < -0.39 is 41.7 Å². The summed E-state index contributed by atoms with van der Waals surface area (Å²) in [6.07, 6.45) is 0. The van der Waals surface area contributed by atoms with Crippen LogP contribution in [0.5, 0.6) is 11.5 Å². The number of hydrogen-bond donors (Lipinski definition) is 0. The quantitative estimate of drug-likeness (QED) is 0.160. The zero-order chi connectivity index (χ0) is 71.5. The largest absolute Gasteiger partial charge is 0.457 e. The fraction of sp³-hybridized carbons (Fsp3) is 0.191. The number of rotatable bonds is 5. The van der Waals surface area contributed by atoms with Gasteiger partial charge in [0.15, 0.2) is 0 Å². The summed E-state index contributed by atoms with van der Waals surface area (Å²) in [4.78, 5) is 2.62. The SMILES string of the molecule is [2H]c1c([2H])c([2H])c2c(c1[2H])c1c([2H])c([2H])c([2H])c([2H])c1n2-c1ccc2c(c1)C1(c3ccccc3Oc3ccccc31)c1cc(C(C)(C)C)cc3c1B2c1ccc(-n2c4ccc(C(C)(C)C)cc4c4cc(C(C)(C)C)ccc42)cc1N3c1c(-c2ccccc2)cc(C(C)(C)C)cc1-c1ccccc1. The van der Waals surface area contributed by atoms with Crippen molar-refractivity contribution in [1.29, 1.82) is 0 Å². The summed E-state index contributed by atoms with van der Waals surface area (Å²) in [6, 6.07) is 72.2. The third-order valence-electron chi connectivity index (χ3n) is 20.5. The number of benzene rings is 12. The van der Waals surface area contributed by atoms with Crippen LogP contribution >= 0.6 is 0 Å². The smallest absolute Gasteiger partial charge is 0.247 e. The molecule has 0 radical (unpaired) electrons. The van der Waals surface area contributed by atoms with Crippen LogP contribution in [0.2, 0.25) is 0 Å². The maximum atomic E-state index is 9.77. The van der Waals surface area contributed by atoms with Crippen LogP contribution in [0.25, 0.3) is 77.2 Å². The van der Waals surface area contributed by atoms with Gasteiger partial charge in [0.1, 0.15) is 11.5 Å². The van der Waals surface area contributed by atoms with Gasteiger partial charge in [0.2, 0.25) is 6.71 Å². The standard InChI is InChI=1S/C89H78BN3O/c1-85(2,3)57-39-45-77-67(47-57)68-48-58(86(4,5)6)40-46-78(68)92(77)62-42-44-74-79(54-62)93(84-65(55-27-15-13-16-28-55)49-59(87(7,8)9)50-66(84)56-29-17-14-18-30-56)80-52-60(88(10,11)12)51-72-83(80)90(74)73-43-41-61(91-75-35-23-19-31-63(75)64-32-20-24-36-76(64)91)53-71(73)89(72)69-33-21-25-37-81(69)94-82-38-26-22-34-70(82)89/h13-54H,1-12H3/i19D,20D,23D,24D,31D,32D,35D,36D. The minimum absolute atomic E-state index is 0.0203. The number of aromatic nitrogens is 2. The first-order valence-electron chi connectivity index (χ1n) is 37.0. The van der Waals surface area contributed by atoms with Gasteiger partial charge in [0.05, 0.1) is 44.1 Å². The van der Waals surface area contributed by atoms with Gasteiger partial charge in [0, 0.05) is 66.5 Å². The Balaban J connectivity index is 1.08. The monoisotopic (exact) mass is 1220 g/mol. The summed E-state index contributed by atoms with van der Waals surface area (Å²) >= 11 is 0. The van der Waals surface area contributed by atoms with Gasteiger partial charge in [-0.05, 0) is 168 Å². The zero-order valence-electron chi connectivity index (χ0n) is 63.5. The maximum Gasteiger partial charge on any atom is 0.247 e. The van der Waals surface area contributed by atoms with Crippen LogP contribution in [0.15, 0.2) is 255 Å². The Morgan fingerprint density at radius 2 is 0.819 bits per heavy atom. The molecule has 2 aromatic heterocycles. The molecule has 0 bridgehead atoms. The van der Waals surface area contributed by atoms with Crippen LogP contribution in [-0.4, -0.2) is 15.8 Å². The van der Waals surface area contributed by atoms with Crippen LogP contribution in [-0.2, 0) is 27.1 Å². The van der Waals surface area contributed by atoms with E-state index in [4.69, 9.17) is 7.48 Å². The highest BCUT2D eigenvalue weighted by Crippen LogP contribution is 2.59. The minimum Gasteiger partial charge on any atom is -0.457 e. The molecule has 4 nitrogen and oxygen atoms in total. The van der Waals surface area contributed by atoms with Gasteiger partial charge in [-0.1, -0.05) is 252 Å². The van der Waals surface area contributed by atoms with Crippen molar-refractivity contribution in [2.75, 3.05) is 4.90 Å². The molecule has 1 spiro atoms. The molecule has 0 fully saturated rings. The van der Waals surface area contributed by atoms with Crippen molar-refractivity contribution in [2.45, 2.75) is 110 Å². The van der Waals surface area contributed by atoms with Crippen molar-refractivity contribution in [3.8, 4) is 45.1 Å². The molecular formula is C89H78BN3O. The molecular weight excluding hydrogens is 1140 g/mol. The predicted octanol–water partition coefficient (Wildman–Crippen LogP) is 21.5. The molecule has 3 aliphatic rings. The van der Waals surface area contributed by atoms with Gasteiger partial charge in [-0.15, -0.1) is 0 Å². The lowest BCUT2D eigenvalue weighted by Gasteiger charge is -2.51. The summed E-state index contributed by atoms with van der Waals surface area (Å²) in [6.45, 7) is 27.0. The lowest BCUT2D eigenvalue weighted by atomic mass is 9.29. The Bertz CT molecular complexity index is 5710. The molecule has 5 heterocycles. The van der Waals surface area contributed by atoms with E-state index in [0.29, 0.717) is 17.2 Å². The fourth-order valence-electron chi connectivity index (χ4n) is 15.7. The van der Waals surface area contributed by atoms with Crippen molar-refractivity contribution in [2.24, 2.45) is 0 Å². The van der Waals surface area contributed by atoms with Gasteiger partial charge >= 0.3 is 0 Å². The van der Waals surface area contributed by atoms with Crippen molar-refractivity contribution in [3.63, 3.8) is 0 Å². The average molecular weight is 1220 g/mol. The molecule has 12 aromatic carbocycles. The summed E-state index contributed by atoms with van der Waals surface area (Å²) in [5.41, 5.74) is 20.6. The second-order valence-corrected chi connectivity index (χ2v) is 30.3. The van der Waals surface area contributed by atoms with Crippen LogP contribution in [0, 0.1) is 0 Å². The van der Waals surface area contributed by atoms with Crippen molar-refractivity contribution >= 4 is 83.8 Å². The first kappa shape index (κ1) is 49.5. The molecule has 0 N–H and O–H groups in total. The number of nitrogens with zero attached hydrogens (tertiary/aromatic N) is 3. The molecule has 0 atom stereocenters. The summed E-state index contributed by atoms with van der Waals surface area (Å²) in [5, 5.41) is 2.41. The molecule has 0 saturated carbocycles. The van der Waals surface area contributed by atoms with Crippen LogP contribution in [0.1, 0.15) is 139 Å². The molecule has 0 unspecified atom stereocenters. The number of hydrogen-bond acceptors (Lipinski definition) is 2. The Kier molecular flexibility index (Phi) is 10.8. The van der Waals surface area contributed by atoms with Crippen molar-refractivity contribution < 1.29 is 15.7 Å².